The van der Waals surface area contributed by atoms with E-state index in [0.29, 0.717) is 22.9 Å². The van der Waals surface area contributed by atoms with Gasteiger partial charge in [0.25, 0.3) is 0 Å². The molecule has 22 heavy (non-hydrogen) atoms. The molecule has 0 saturated carbocycles. The number of hydrogen-bond donors (Lipinski definition) is 2. The number of rotatable bonds is 4. The van der Waals surface area contributed by atoms with Crippen LogP contribution in [0.5, 0.6) is 0 Å². The molecule has 0 aliphatic carbocycles. The molecule has 7 nitrogen and oxygen atoms in total. The molecule has 2 heterocycles. The van der Waals surface area contributed by atoms with Crippen LogP contribution in [0.1, 0.15) is 11.1 Å². The quantitative estimate of drug-likeness (QED) is 0.759. The molecule has 0 saturated heterocycles. The molecule has 0 aliphatic heterocycles. The molecule has 2 N–H and O–H groups in total. The molecule has 0 spiro atoms. The van der Waals surface area contributed by atoms with Gasteiger partial charge in [-0.15, -0.1) is 0 Å². The second kappa shape index (κ2) is 5.38. The third-order valence-corrected chi connectivity index (χ3v) is 4.58. The molecule has 0 amide bonds. The fraction of sp³-hybridized carbons (Fsp3) is 0.214. The Hall–Kier alpha value is -2.48. The normalized spacial score (nSPS) is 11.7. The number of anilines is 1. The van der Waals surface area contributed by atoms with E-state index in [0.717, 1.165) is 16.6 Å². The minimum absolute atomic E-state index is 0.356. The maximum atomic E-state index is 11.6. The zero-order chi connectivity index (χ0) is 15.7. The van der Waals surface area contributed by atoms with E-state index in [4.69, 9.17) is 0 Å². The maximum Gasteiger partial charge on any atom is 0.182 e. The Bertz CT molecular complexity index is 933. The van der Waals surface area contributed by atoms with Gasteiger partial charge in [0, 0.05) is 12.8 Å². The summed E-state index contributed by atoms with van der Waals surface area (Å²) in [6, 6.07) is 5.28. The predicted molar refractivity (Wildman–Crippen MR) is 83.3 cm³/mol. The Balaban J connectivity index is 1.83. The van der Waals surface area contributed by atoms with Crippen LogP contribution in [0.3, 0.4) is 0 Å². The number of hydrogen-bond acceptors (Lipinski definition) is 6. The molecule has 0 aliphatic rings. The number of fused-ring (bicyclic) bond motifs is 1. The number of aromatic amines is 1. The second-order valence-corrected chi connectivity index (χ2v) is 7.03. The second-order valence-electron chi connectivity index (χ2n) is 5.05. The van der Waals surface area contributed by atoms with Gasteiger partial charge in [-0.3, -0.25) is 0 Å². The third kappa shape index (κ3) is 2.77. The smallest absolute Gasteiger partial charge is 0.182 e. The highest BCUT2D eigenvalue weighted by Gasteiger charge is 2.11. The number of sulfone groups is 1. The highest BCUT2D eigenvalue weighted by Crippen LogP contribution is 2.19. The van der Waals surface area contributed by atoms with Crippen molar-refractivity contribution in [2.75, 3.05) is 11.6 Å². The number of aromatic nitrogens is 4. The van der Waals surface area contributed by atoms with Crippen LogP contribution < -0.4 is 5.32 Å². The van der Waals surface area contributed by atoms with Crippen molar-refractivity contribution in [2.45, 2.75) is 18.4 Å². The SMILES string of the molecule is Cc1cc(CNc2ncnc3nc[nH]c23)ccc1S(C)(=O)=O. The number of nitrogens with one attached hydrogen (secondary N) is 2. The van der Waals surface area contributed by atoms with Crippen LogP contribution in [0.15, 0.2) is 35.7 Å². The molecule has 8 heteroatoms. The van der Waals surface area contributed by atoms with Crippen LogP contribution in [0.25, 0.3) is 11.2 Å². The Morgan fingerprint density at radius 3 is 2.77 bits per heavy atom. The first-order chi connectivity index (χ1) is 10.4. The monoisotopic (exact) mass is 317 g/mol. The standard InChI is InChI=1S/C14H15N5O2S/c1-9-5-10(3-4-11(9)22(2,20)21)6-15-13-12-14(17-7-16-12)19-8-18-13/h3-5,7-8H,6H2,1-2H3,(H2,15,16,17,18,19). The van der Waals surface area contributed by atoms with Gasteiger partial charge in [-0.2, -0.15) is 0 Å². The molecule has 0 radical (unpaired) electrons. The van der Waals surface area contributed by atoms with Gasteiger partial charge in [0.05, 0.1) is 11.2 Å². The topological polar surface area (TPSA) is 101 Å². The van der Waals surface area contributed by atoms with Crippen LogP contribution >= 0.6 is 0 Å². The molecule has 114 valence electrons. The molecule has 3 aromatic rings. The molecular weight excluding hydrogens is 302 g/mol. The van der Waals surface area contributed by atoms with Gasteiger partial charge >= 0.3 is 0 Å². The predicted octanol–water partition coefficient (Wildman–Crippen LogP) is 1.68. The van der Waals surface area contributed by atoms with Crippen molar-refractivity contribution in [3.8, 4) is 0 Å². The fourth-order valence-electron chi connectivity index (χ4n) is 2.32. The first-order valence-electron chi connectivity index (χ1n) is 6.62. The Morgan fingerprint density at radius 2 is 2.05 bits per heavy atom. The summed E-state index contributed by atoms with van der Waals surface area (Å²) < 4.78 is 23.2. The molecule has 0 bridgehead atoms. The Labute approximate surface area is 127 Å². The van der Waals surface area contributed by atoms with Crippen molar-refractivity contribution in [1.82, 2.24) is 19.9 Å². The Kier molecular flexibility index (Phi) is 3.53. The van der Waals surface area contributed by atoms with Crippen molar-refractivity contribution in [3.63, 3.8) is 0 Å². The van der Waals surface area contributed by atoms with Crippen LogP contribution in [0, 0.1) is 6.92 Å². The minimum Gasteiger partial charge on any atom is -0.364 e. The molecule has 0 atom stereocenters. The summed E-state index contributed by atoms with van der Waals surface area (Å²) in [5.74, 6) is 0.660. The average molecular weight is 317 g/mol. The van der Waals surface area contributed by atoms with E-state index in [1.54, 1.807) is 25.4 Å². The largest absolute Gasteiger partial charge is 0.364 e. The molecule has 0 unspecified atom stereocenters. The van der Waals surface area contributed by atoms with E-state index >= 15 is 0 Å². The summed E-state index contributed by atoms with van der Waals surface area (Å²) in [5, 5.41) is 3.20. The van der Waals surface area contributed by atoms with Crippen LogP contribution in [0.2, 0.25) is 0 Å². The van der Waals surface area contributed by atoms with Gasteiger partial charge in [0.1, 0.15) is 11.8 Å². The van der Waals surface area contributed by atoms with Crippen molar-refractivity contribution in [3.05, 3.63) is 42.0 Å². The lowest BCUT2D eigenvalue weighted by Gasteiger charge is -2.09. The number of nitrogens with zero attached hydrogens (tertiary/aromatic N) is 3. The van der Waals surface area contributed by atoms with E-state index in [9.17, 15) is 8.42 Å². The zero-order valence-corrected chi connectivity index (χ0v) is 13.0. The lowest BCUT2D eigenvalue weighted by molar-refractivity contribution is 0.601. The summed E-state index contributed by atoms with van der Waals surface area (Å²) >= 11 is 0. The first-order valence-corrected chi connectivity index (χ1v) is 8.52. The van der Waals surface area contributed by atoms with E-state index in [2.05, 4.69) is 25.3 Å². The lowest BCUT2D eigenvalue weighted by atomic mass is 10.1. The van der Waals surface area contributed by atoms with Gasteiger partial charge in [-0.1, -0.05) is 12.1 Å². The molecule has 3 rings (SSSR count). The van der Waals surface area contributed by atoms with Gasteiger partial charge in [0.15, 0.2) is 21.3 Å². The number of benzene rings is 1. The highest BCUT2D eigenvalue weighted by molar-refractivity contribution is 7.90. The van der Waals surface area contributed by atoms with Crippen molar-refractivity contribution in [1.29, 1.82) is 0 Å². The van der Waals surface area contributed by atoms with Crippen LogP contribution in [-0.4, -0.2) is 34.6 Å². The van der Waals surface area contributed by atoms with Gasteiger partial charge in [0.2, 0.25) is 0 Å². The van der Waals surface area contributed by atoms with Crippen LogP contribution in [-0.2, 0) is 16.4 Å². The van der Waals surface area contributed by atoms with E-state index in [-0.39, 0.29) is 0 Å². The molecular formula is C14H15N5O2S. The van der Waals surface area contributed by atoms with Crippen molar-refractivity contribution >= 4 is 26.8 Å². The van der Waals surface area contributed by atoms with Gasteiger partial charge in [-0.25, -0.2) is 23.4 Å². The van der Waals surface area contributed by atoms with E-state index < -0.39 is 9.84 Å². The van der Waals surface area contributed by atoms with E-state index in [1.807, 2.05) is 6.07 Å². The molecule has 1 aromatic carbocycles. The fourth-order valence-corrected chi connectivity index (χ4v) is 3.28. The van der Waals surface area contributed by atoms with Crippen LogP contribution in [0.4, 0.5) is 5.82 Å². The Morgan fingerprint density at radius 1 is 1.23 bits per heavy atom. The lowest BCUT2D eigenvalue weighted by Crippen LogP contribution is -2.05. The summed E-state index contributed by atoms with van der Waals surface area (Å²) in [4.78, 5) is 15.6. The third-order valence-electron chi connectivity index (χ3n) is 3.32. The zero-order valence-electron chi connectivity index (χ0n) is 12.2. The number of imidazole rings is 1. The molecule has 2 aromatic heterocycles. The summed E-state index contributed by atoms with van der Waals surface area (Å²) in [7, 11) is -3.19. The average Bonchev–Trinajstić information content (AvgIpc) is 2.92. The number of aryl methyl sites for hydroxylation is 1. The van der Waals surface area contributed by atoms with Gasteiger partial charge < -0.3 is 10.3 Å². The van der Waals surface area contributed by atoms with E-state index in [1.165, 1.54) is 12.6 Å². The molecule has 0 fully saturated rings. The highest BCUT2D eigenvalue weighted by atomic mass is 32.2. The summed E-state index contributed by atoms with van der Waals surface area (Å²) in [6.07, 6.45) is 4.22. The van der Waals surface area contributed by atoms with Crippen molar-refractivity contribution in [2.24, 2.45) is 0 Å². The van der Waals surface area contributed by atoms with Gasteiger partial charge in [-0.05, 0) is 24.1 Å². The van der Waals surface area contributed by atoms with Crippen molar-refractivity contribution < 1.29 is 8.42 Å². The minimum atomic E-state index is -3.19. The maximum absolute atomic E-state index is 11.6. The number of H-pyrrole nitrogens is 1. The first kappa shape index (κ1) is 14.5. The summed E-state index contributed by atoms with van der Waals surface area (Å²) in [5.41, 5.74) is 3.04. The summed E-state index contributed by atoms with van der Waals surface area (Å²) in [6.45, 7) is 2.31.